The summed E-state index contributed by atoms with van der Waals surface area (Å²) in [6.07, 6.45) is -6.18. The van der Waals surface area contributed by atoms with Gasteiger partial charge in [0.05, 0.1) is 5.57 Å². The number of rotatable bonds is 5. The molecule has 0 saturated carbocycles. The highest BCUT2D eigenvalue weighted by molar-refractivity contribution is 6.20. The summed E-state index contributed by atoms with van der Waals surface area (Å²) in [5.74, 6) is -2.95. The molecule has 34 heavy (non-hydrogen) atoms. The van der Waals surface area contributed by atoms with Crippen molar-refractivity contribution in [2.45, 2.75) is 64.9 Å². The summed E-state index contributed by atoms with van der Waals surface area (Å²) in [6.45, 7) is 8.00. The number of aliphatic hydroxyl groups excluding tert-OH is 1. The van der Waals surface area contributed by atoms with Crippen molar-refractivity contribution in [1.29, 1.82) is 0 Å². The van der Waals surface area contributed by atoms with E-state index in [-0.39, 0.29) is 47.1 Å². The number of hydrogen-bond acceptors (Lipinski definition) is 4. The van der Waals surface area contributed by atoms with Gasteiger partial charge in [0.2, 0.25) is 0 Å². The van der Waals surface area contributed by atoms with Crippen LogP contribution in [0.1, 0.15) is 69.8 Å². The Hall–Kier alpha value is -2.95. The topological polar surface area (TPSA) is 81.2 Å². The Balaban J connectivity index is 2.29. The van der Waals surface area contributed by atoms with E-state index in [1.54, 1.807) is 20.8 Å². The van der Waals surface area contributed by atoms with Crippen LogP contribution in [0.25, 0.3) is 5.57 Å². The number of aromatic nitrogens is 2. The van der Waals surface area contributed by atoms with E-state index in [0.29, 0.717) is 0 Å². The molecule has 2 aromatic rings. The minimum atomic E-state index is -4.77. The molecule has 0 radical (unpaired) electrons. The van der Waals surface area contributed by atoms with Gasteiger partial charge >= 0.3 is 6.18 Å². The number of aliphatic hydroxyl groups is 1. The van der Waals surface area contributed by atoms with Gasteiger partial charge in [0.15, 0.2) is 17.9 Å². The summed E-state index contributed by atoms with van der Waals surface area (Å²) < 4.78 is 69.0. The van der Waals surface area contributed by atoms with E-state index in [4.69, 9.17) is 0 Å². The van der Waals surface area contributed by atoms with Crippen LogP contribution in [-0.2, 0) is 16.4 Å². The third kappa shape index (κ3) is 4.66. The Labute approximate surface area is 193 Å². The molecule has 0 spiro atoms. The first-order chi connectivity index (χ1) is 15.7. The van der Waals surface area contributed by atoms with Crippen molar-refractivity contribution in [2.24, 2.45) is 0 Å². The number of carbonyl (C=O) groups excluding carboxylic acids is 1. The Morgan fingerprint density at radius 2 is 1.91 bits per heavy atom. The number of allylic oxidation sites excluding steroid dienone is 1. The molecule has 0 bridgehead atoms. The number of benzene rings is 1. The second-order valence-electron chi connectivity index (χ2n) is 9.18. The zero-order chi connectivity index (χ0) is 25.6. The Kier molecular flexibility index (Phi) is 6.80. The van der Waals surface area contributed by atoms with Crippen LogP contribution < -0.4 is 5.32 Å². The lowest BCUT2D eigenvalue weighted by Crippen LogP contribution is -2.39. The van der Waals surface area contributed by atoms with Crippen molar-refractivity contribution in [3.8, 4) is 0 Å². The van der Waals surface area contributed by atoms with Crippen molar-refractivity contribution in [2.75, 3.05) is 6.54 Å². The highest BCUT2D eigenvalue weighted by Gasteiger charge is 2.47. The lowest BCUT2D eigenvalue weighted by molar-refractivity contribution is -0.142. The van der Waals surface area contributed by atoms with Gasteiger partial charge < -0.3 is 15.3 Å². The fraction of sp³-hybridized carbons (Fsp3) is 0.478. The minimum Gasteiger partial charge on any atom is -0.369 e. The van der Waals surface area contributed by atoms with E-state index < -0.39 is 41.1 Å². The van der Waals surface area contributed by atoms with Gasteiger partial charge in [0, 0.05) is 34.8 Å². The van der Waals surface area contributed by atoms with Gasteiger partial charge in [-0.25, -0.2) is 8.78 Å². The lowest BCUT2D eigenvalue weighted by atomic mass is 9.81. The molecule has 1 atom stereocenters. The average molecular weight is 486 g/mol. The number of alkyl halides is 3. The molecule has 0 fully saturated rings. The number of H-pyrrole nitrogens is 1. The van der Waals surface area contributed by atoms with Crippen LogP contribution in [0.15, 0.2) is 23.9 Å². The maximum Gasteiger partial charge on any atom is 0.433 e. The molecule has 1 aromatic carbocycles. The van der Waals surface area contributed by atoms with Crippen LogP contribution in [0.3, 0.4) is 0 Å². The summed E-state index contributed by atoms with van der Waals surface area (Å²) in [6, 6.07) is 2.52. The quantitative estimate of drug-likeness (QED) is 0.538. The number of nitrogens with zero attached hydrogens (tertiary/aromatic N) is 2. The molecular weight excluding hydrogens is 459 g/mol. The van der Waals surface area contributed by atoms with E-state index in [1.165, 1.54) is 24.8 Å². The summed E-state index contributed by atoms with van der Waals surface area (Å²) in [5, 5.41) is 19.8. The zero-order valence-electron chi connectivity index (χ0n) is 19.4. The maximum absolute atomic E-state index is 13.9. The van der Waals surface area contributed by atoms with E-state index in [1.807, 2.05) is 0 Å². The van der Waals surface area contributed by atoms with Crippen molar-refractivity contribution in [3.63, 3.8) is 0 Å². The second kappa shape index (κ2) is 9.01. The molecule has 3 N–H and O–H groups in total. The van der Waals surface area contributed by atoms with Crippen LogP contribution >= 0.6 is 0 Å². The first-order valence-electron chi connectivity index (χ1n) is 10.8. The van der Waals surface area contributed by atoms with Gasteiger partial charge in [-0.1, -0.05) is 26.8 Å². The minimum absolute atomic E-state index is 0.0126. The fourth-order valence-corrected chi connectivity index (χ4v) is 4.31. The fourth-order valence-electron chi connectivity index (χ4n) is 4.31. The van der Waals surface area contributed by atoms with Gasteiger partial charge in [-0.3, -0.25) is 9.89 Å². The van der Waals surface area contributed by atoms with Crippen molar-refractivity contribution >= 4 is 11.5 Å². The van der Waals surface area contributed by atoms with Crippen LogP contribution in [0.5, 0.6) is 0 Å². The van der Waals surface area contributed by atoms with E-state index in [0.717, 1.165) is 12.1 Å². The molecule has 1 aromatic heterocycles. The van der Waals surface area contributed by atoms with Gasteiger partial charge in [-0.05, 0) is 32.4 Å². The monoisotopic (exact) mass is 486 g/mol. The largest absolute Gasteiger partial charge is 0.433 e. The van der Waals surface area contributed by atoms with E-state index >= 15 is 0 Å². The first kappa shape index (κ1) is 25.7. The van der Waals surface area contributed by atoms with Gasteiger partial charge in [0.25, 0.3) is 5.91 Å². The molecule has 0 aliphatic carbocycles. The maximum atomic E-state index is 13.9. The number of aromatic amines is 1. The lowest BCUT2D eigenvalue weighted by Gasteiger charge is -2.37. The van der Waals surface area contributed by atoms with Crippen LogP contribution in [0.4, 0.5) is 22.0 Å². The molecule has 1 amide bonds. The molecule has 0 saturated heterocycles. The third-order valence-electron chi connectivity index (χ3n) is 5.68. The first-order valence-corrected chi connectivity index (χ1v) is 10.8. The number of fused-ring (bicyclic) bond motifs is 1. The highest BCUT2D eigenvalue weighted by Crippen LogP contribution is 2.45. The second-order valence-corrected chi connectivity index (χ2v) is 9.18. The van der Waals surface area contributed by atoms with Crippen LogP contribution in [-0.4, -0.2) is 38.7 Å². The molecular formula is C23H27F5N4O2. The predicted octanol–water partition coefficient (Wildman–Crippen LogP) is 4.64. The predicted molar refractivity (Wildman–Crippen MR) is 115 cm³/mol. The van der Waals surface area contributed by atoms with Crippen molar-refractivity contribution in [1.82, 2.24) is 20.4 Å². The molecule has 1 aliphatic heterocycles. The molecule has 1 unspecified atom stereocenters. The molecule has 3 rings (SSSR count). The number of halogens is 5. The summed E-state index contributed by atoms with van der Waals surface area (Å²) in [7, 11) is 0. The molecule has 1 aliphatic rings. The zero-order valence-corrected chi connectivity index (χ0v) is 19.4. The Bertz CT molecular complexity index is 1120. The van der Waals surface area contributed by atoms with Gasteiger partial charge in [-0.2, -0.15) is 18.3 Å². The highest BCUT2D eigenvalue weighted by atomic mass is 19.4. The SMILES string of the molecule is CCC1=C(C(=O)NC(C)C)c2n[nH]c(C(F)(F)F)c2C(C)(C)CN1C(O)c1ccc(F)c(F)c1. The normalized spacial score (nSPS) is 17.0. The third-order valence-corrected chi connectivity index (χ3v) is 5.68. The number of hydrogen-bond donors (Lipinski definition) is 3. The van der Waals surface area contributed by atoms with Gasteiger partial charge in [-0.15, -0.1) is 0 Å². The summed E-state index contributed by atoms with van der Waals surface area (Å²) in [4.78, 5) is 14.6. The number of carbonyl (C=O) groups is 1. The van der Waals surface area contributed by atoms with Crippen molar-refractivity contribution < 1.29 is 31.9 Å². The van der Waals surface area contributed by atoms with E-state index in [9.17, 15) is 31.9 Å². The Morgan fingerprint density at radius 3 is 2.44 bits per heavy atom. The summed E-state index contributed by atoms with van der Waals surface area (Å²) >= 11 is 0. The van der Waals surface area contributed by atoms with E-state index in [2.05, 4.69) is 15.5 Å². The number of nitrogens with one attached hydrogen (secondary N) is 2. The van der Waals surface area contributed by atoms with Gasteiger partial charge in [0.1, 0.15) is 11.4 Å². The molecule has 6 nitrogen and oxygen atoms in total. The van der Waals surface area contributed by atoms with Crippen LogP contribution in [0.2, 0.25) is 0 Å². The van der Waals surface area contributed by atoms with Crippen LogP contribution in [0, 0.1) is 11.6 Å². The summed E-state index contributed by atoms with van der Waals surface area (Å²) in [5.41, 5.74) is -2.62. The molecule has 2 heterocycles. The Morgan fingerprint density at radius 1 is 1.26 bits per heavy atom. The smallest absolute Gasteiger partial charge is 0.369 e. The van der Waals surface area contributed by atoms with Crippen molar-refractivity contribution in [3.05, 3.63) is 58.0 Å². The standard InChI is InChI=1S/C23H27F5N4O2/c1-6-15-16(20(33)29-11(2)3)18-17(19(31-30-18)23(26,27)28)22(4,5)10-32(15)21(34)12-7-8-13(24)14(25)9-12/h7-9,11,21,34H,6,10H2,1-5H3,(H,29,33)(H,30,31). The molecule has 11 heteroatoms. The number of amides is 1. The average Bonchev–Trinajstić information content (AvgIpc) is 3.14. The molecule has 186 valence electrons.